The third-order valence-corrected chi connectivity index (χ3v) is 4.47. The summed E-state index contributed by atoms with van der Waals surface area (Å²) in [5.74, 6) is 8.09. The first-order valence-corrected chi connectivity index (χ1v) is 7.18. The van der Waals surface area contributed by atoms with Gasteiger partial charge in [0.2, 0.25) is 0 Å². The van der Waals surface area contributed by atoms with Crippen LogP contribution in [0, 0.1) is 12.8 Å². The average molecular weight is 263 g/mol. The van der Waals surface area contributed by atoms with E-state index in [-0.39, 0.29) is 0 Å². The van der Waals surface area contributed by atoms with E-state index in [1.165, 1.54) is 32.1 Å². The molecule has 3 N–H and O–H groups in total. The topological polar surface area (TPSA) is 67.1 Å². The Labute approximate surface area is 115 Å². The van der Waals surface area contributed by atoms with Gasteiger partial charge in [-0.15, -0.1) is 0 Å². The quantitative estimate of drug-likeness (QED) is 0.645. The third-order valence-electron chi connectivity index (χ3n) is 4.47. The van der Waals surface area contributed by atoms with Crippen LogP contribution >= 0.6 is 0 Å². The van der Waals surface area contributed by atoms with Crippen molar-refractivity contribution in [2.45, 2.75) is 52.0 Å². The summed E-state index contributed by atoms with van der Waals surface area (Å²) in [5.41, 5.74) is 3.65. The van der Waals surface area contributed by atoms with Crippen molar-refractivity contribution in [2.24, 2.45) is 11.8 Å². The zero-order valence-corrected chi connectivity index (χ0v) is 12.2. The number of nitrogens with one attached hydrogen (secondary N) is 1. The van der Waals surface area contributed by atoms with Crippen LogP contribution in [0.3, 0.4) is 0 Å². The summed E-state index contributed by atoms with van der Waals surface area (Å²) in [5, 5.41) is 0. The van der Waals surface area contributed by atoms with Crippen LogP contribution in [-0.2, 0) is 0 Å². The molecule has 1 saturated carbocycles. The fourth-order valence-corrected chi connectivity index (χ4v) is 3.06. The highest BCUT2D eigenvalue weighted by Crippen LogP contribution is 2.32. The van der Waals surface area contributed by atoms with Gasteiger partial charge in [-0.25, -0.2) is 15.8 Å². The molecule has 19 heavy (non-hydrogen) atoms. The Morgan fingerprint density at radius 1 is 1.32 bits per heavy atom. The summed E-state index contributed by atoms with van der Waals surface area (Å²) in [7, 11) is 2.13. The monoisotopic (exact) mass is 263 g/mol. The first kappa shape index (κ1) is 14.1. The minimum Gasteiger partial charge on any atom is -0.356 e. The van der Waals surface area contributed by atoms with Crippen LogP contribution < -0.4 is 16.2 Å². The lowest BCUT2D eigenvalue weighted by molar-refractivity contribution is 0.312. The van der Waals surface area contributed by atoms with Gasteiger partial charge in [-0.3, -0.25) is 0 Å². The largest absolute Gasteiger partial charge is 0.356 e. The van der Waals surface area contributed by atoms with Gasteiger partial charge in [0.1, 0.15) is 18.0 Å². The normalized spacial score (nSPS) is 23.2. The van der Waals surface area contributed by atoms with Crippen molar-refractivity contribution < 1.29 is 0 Å². The van der Waals surface area contributed by atoms with E-state index in [0.717, 1.165) is 17.3 Å². The molecule has 0 atom stereocenters. The standard InChI is InChI=1S/C14H25N5/c1-4-11-5-7-12(8-6-11)19(3)14-10(2)13(18-15)16-9-17-14/h9,11-12H,4-8,15H2,1-3H3,(H,16,17,18). The molecule has 0 aromatic carbocycles. The van der Waals surface area contributed by atoms with E-state index in [1.54, 1.807) is 6.33 Å². The number of hydrogen-bond donors (Lipinski definition) is 2. The minimum atomic E-state index is 0.585. The lowest BCUT2D eigenvalue weighted by atomic mass is 9.84. The van der Waals surface area contributed by atoms with Crippen LogP contribution in [0.5, 0.6) is 0 Å². The Bertz CT molecular complexity index is 412. The molecule has 1 aromatic rings. The smallest absolute Gasteiger partial charge is 0.148 e. The SMILES string of the molecule is CCC1CCC(N(C)c2ncnc(NN)c2C)CC1. The molecule has 0 unspecified atom stereocenters. The van der Waals surface area contributed by atoms with Gasteiger partial charge in [0.05, 0.1) is 0 Å². The van der Waals surface area contributed by atoms with Gasteiger partial charge in [0, 0.05) is 18.7 Å². The molecule has 5 heteroatoms. The average Bonchev–Trinajstić information content (AvgIpc) is 2.47. The molecule has 1 aliphatic carbocycles. The summed E-state index contributed by atoms with van der Waals surface area (Å²) < 4.78 is 0. The van der Waals surface area contributed by atoms with Crippen LogP contribution in [0.1, 0.15) is 44.6 Å². The van der Waals surface area contributed by atoms with Crippen LogP contribution in [0.2, 0.25) is 0 Å². The second-order valence-electron chi connectivity index (χ2n) is 5.51. The van der Waals surface area contributed by atoms with E-state index in [0.29, 0.717) is 11.9 Å². The van der Waals surface area contributed by atoms with E-state index in [4.69, 9.17) is 5.84 Å². The second kappa shape index (κ2) is 6.19. The Kier molecular flexibility index (Phi) is 4.58. The van der Waals surface area contributed by atoms with Gasteiger partial charge in [-0.2, -0.15) is 0 Å². The third kappa shape index (κ3) is 2.97. The lowest BCUT2D eigenvalue weighted by Gasteiger charge is -2.35. The summed E-state index contributed by atoms with van der Waals surface area (Å²) in [6, 6.07) is 0.585. The molecule has 0 spiro atoms. The summed E-state index contributed by atoms with van der Waals surface area (Å²) in [6.07, 6.45) is 8.05. The summed E-state index contributed by atoms with van der Waals surface area (Å²) in [4.78, 5) is 10.9. The van der Waals surface area contributed by atoms with Gasteiger partial charge in [-0.05, 0) is 38.5 Å². The zero-order valence-electron chi connectivity index (χ0n) is 12.2. The highest BCUT2D eigenvalue weighted by Gasteiger charge is 2.25. The maximum absolute atomic E-state index is 5.48. The molecule has 0 radical (unpaired) electrons. The Morgan fingerprint density at radius 3 is 2.58 bits per heavy atom. The zero-order chi connectivity index (χ0) is 13.8. The molecule has 2 rings (SSSR count). The first-order valence-electron chi connectivity index (χ1n) is 7.18. The van der Waals surface area contributed by atoms with Crippen LogP contribution in [0.15, 0.2) is 6.33 Å². The number of hydrazine groups is 1. The minimum absolute atomic E-state index is 0.585. The maximum Gasteiger partial charge on any atom is 0.148 e. The number of aromatic nitrogens is 2. The number of rotatable bonds is 4. The Hall–Kier alpha value is -1.36. The Morgan fingerprint density at radius 2 is 2.00 bits per heavy atom. The summed E-state index contributed by atoms with van der Waals surface area (Å²) >= 11 is 0. The van der Waals surface area contributed by atoms with Gasteiger partial charge in [0.15, 0.2) is 0 Å². The number of nitrogen functional groups attached to an aromatic ring is 1. The highest BCUT2D eigenvalue weighted by atomic mass is 15.3. The molecule has 0 aliphatic heterocycles. The van der Waals surface area contributed by atoms with Crippen molar-refractivity contribution in [3.05, 3.63) is 11.9 Å². The van der Waals surface area contributed by atoms with Gasteiger partial charge >= 0.3 is 0 Å². The lowest BCUT2D eigenvalue weighted by Crippen LogP contribution is -2.36. The molecule has 0 bridgehead atoms. The maximum atomic E-state index is 5.48. The van der Waals surface area contributed by atoms with Crippen molar-refractivity contribution in [1.82, 2.24) is 9.97 Å². The number of anilines is 2. The van der Waals surface area contributed by atoms with Gasteiger partial charge in [0.25, 0.3) is 0 Å². The van der Waals surface area contributed by atoms with E-state index in [1.807, 2.05) is 6.92 Å². The van der Waals surface area contributed by atoms with Crippen LogP contribution in [-0.4, -0.2) is 23.1 Å². The number of nitrogens with zero attached hydrogens (tertiary/aromatic N) is 3. The van der Waals surface area contributed by atoms with Crippen molar-refractivity contribution in [1.29, 1.82) is 0 Å². The second-order valence-corrected chi connectivity index (χ2v) is 5.51. The number of nitrogens with two attached hydrogens (primary N) is 1. The fourth-order valence-electron chi connectivity index (χ4n) is 3.06. The van der Waals surface area contributed by atoms with Crippen LogP contribution in [0.4, 0.5) is 11.6 Å². The predicted molar refractivity (Wildman–Crippen MR) is 79.0 cm³/mol. The molecule has 1 aromatic heterocycles. The molecular formula is C14H25N5. The molecule has 0 amide bonds. The predicted octanol–water partition coefficient (Wildman–Crippen LogP) is 2.48. The van der Waals surface area contributed by atoms with Crippen molar-refractivity contribution in [2.75, 3.05) is 17.4 Å². The van der Waals surface area contributed by atoms with E-state index in [9.17, 15) is 0 Å². The first-order chi connectivity index (χ1) is 9.17. The fraction of sp³-hybridized carbons (Fsp3) is 0.714. The van der Waals surface area contributed by atoms with Gasteiger partial charge in [-0.1, -0.05) is 13.3 Å². The molecule has 5 nitrogen and oxygen atoms in total. The van der Waals surface area contributed by atoms with E-state index in [2.05, 4.69) is 34.3 Å². The van der Waals surface area contributed by atoms with Crippen molar-refractivity contribution in [3.8, 4) is 0 Å². The summed E-state index contributed by atoms with van der Waals surface area (Å²) in [6.45, 7) is 4.31. The Balaban J connectivity index is 2.10. The molecule has 1 fully saturated rings. The highest BCUT2D eigenvalue weighted by molar-refractivity contribution is 5.57. The molecule has 0 saturated heterocycles. The molecule has 1 aliphatic rings. The molecule has 106 valence electrons. The number of hydrogen-bond acceptors (Lipinski definition) is 5. The van der Waals surface area contributed by atoms with Crippen molar-refractivity contribution >= 4 is 11.6 Å². The van der Waals surface area contributed by atoms with Crippen LogP contribution in [0.25, 0.3) is 0 Å². The van der Waals surface area contributed by atoms with E-state index < -0.39 is 0 Å². The van der Waals surface area contributed by atoms with Crippen molar-refractivity contribution in [3.63, 3.8) is 0 Å². The molecule has 1 heterocycles. The van der Waals surface area contributed by atoms with Gasteiger partial charge < -0.3 is 10.3 Å². The van der Waals surface area contributed by atoms with E-state index >= 15 is 0 Å². The molecular weight excluding hydrogens is 238 g/mol.